The van der Waals surface area contributed by atoms with Crippen LogP contribution in [-0.4, -0.2) is 43.2 Å². The molecule has 0 aliphatic carbocycles. The Hall–Kier alpha value is -3.01. The maximum atomic E-state index is 12.8. The van der Waals surface area contributed by atoms with Crippen molar-refractivity contribution in [2.75, 3.05) is 7.11 Å². The molecule has 3 rings (SSSR count). The van der Waals surface area contributed by atoms with Gasteiger partial charge in [-0.05, 0) is 54.3 Å². The van der Waals surface area contributed by atoms with Crippen LogP contribution in [0.3, 0.4) is 0 Å². The van der Waals surface area contributed by atoms with E-state index < -0.39 is 5.69 Å². The van der Waals surface area contributed by atoms with E-state index in [9.17, 15) is 14.4 Å². The third-order valence-corrected chi connectivity index (χ3v) is 5.36. The van der Waals surface area contributed by atoms with Crippen molar-refractivity contribution in [3.8, 4) is 5.00 Å². The van der Waals surface area contributed by atoms with Gasteiger partial charge >= 0.3 is 11.7 Å². The molecule has 0 saturated carbocycles. The van der Waals surface area contributed by atoms with Crippen LogP contribution in [0.5, 0.6) is 0 Å². The molecule has 0 unspecified atom stereocenters. The maximum Gasteiger partial charge on any atom is 0.369 e. The predicted octanol–water partition coefficient (Wildman–Crippen LogP) is 1.74. The molecule has 0 spiro atoms. The summed E-state index contributed by atoms with van der Waals surface area (Å²) in [4.78, 5) is 36.5. The van der Waals surface area contributed by atoms with Crippen LogP contribution in [0.1, 0.15) is 34.6 Å². The van der Waals surface area contributed by atoms with Gasteiger partial charge in [0.25, 0.3) is 0 Å². The highest BCUT2D eigenvalue weighted by atomic mass is 32.1. The van der Waals surface area contributed by atoms with Crippen LogP contribution < -0.4 is 5.69 Å². The van der Waals surface area contributed by atoms with Crippen LogP contribution in [0.2, 0.25) is 0 Å². The Morgan fingerprint density at radius 3 is 2.71 bits per heavy atom. The Morgan fingerprint density at radius 2 is 2.04 bits per heavy atom. The molecule has 148 valence electrons. The van der Waals surface area contributed by atoms with Gasteiger partial charge in [0.15, 0.2) is 5.78 Å². The second-order valence-electron chi connectivity index (χ2n) is 6.32. The Balaban J connectivity index is 1.74. The third-order valence-electron chi connectivity index (χ3n) is 4.51. The van der Waals surface area contributed by atoms with Crippen LogP contribution in [0.25, 0.3) is 5.00 Å². The summed E-state index contributed by atoms with van der Waals surface area (Å²) in [6, 6.07) is 5.37. The van der Waals surface area contributed by atoms with Crippen LogP contribution in [-0.2, 0) is 22.6 Å². The molecule has 0 N–H and O–H groups in total. The van der Waals surface area contributed by atoms with Crippen LogP contribution >= 0.6 is 11.3 Å². The molecule has 9 nitrogen and oxygen atoms in total. The maximum absolute atomic E-state index is 12.8. The third kappa shape index (κ3) is 3.96. The zero-order valence-corrected chi connectivity index (χ0v) is 16.7. The molecule has 0 amide bonds. The molecule has 0 bridgehead atoms. The number of tetrazole rings is 1. The van der Waals surface area contributed by atoms with Gasteiger partial charge in [0.05, 0.1) is 7.11 Å². The molecule has 0 aromatic carbocycles. The fourth-order valence-electron chi connectivity index (χ4n) is 3.03. The first-order valence-corrected chi connectivity index (χ1v) is 9.63. The minimum atomic E-state index is -0.456. The van der Waals surface area contributed by atoms with E-state index in [4.69, 9.17) is 0 Å². The van der Waals surface area contributed by atoms with Crippen molar-refractivity contribution in [3.05, 3.63) is 51.0 Å². The summed E-state index contributed by atoms with van der Waals surface area (Å²) in [5.41, 5.74) is 1.79. The summed E-state index contributed by atoms with van der Waals surface area (Å²) in [6.07, 6.45) is 0.934. The lowest BCUT2D eigenvalue weighted by Gasteiger charge is -2.09. The van der Waals surface area contributed by atoms with Gasteiger partial charge in [0, 0.05) is 29.9 Å². The molecule has 3 aromatic rings. The van der Waals surface area contributed by atoms with E-state index in [2.05, 4.69) is 15.2 Å². The second kappa shape index (κ2) is 8.34. The van der Waals surface area contributed by atoms with Crippen LogP contribution in [0, 0.1) is 13.8 Å². The smallest absolute Gasteiger partial charge is 0.369 e. The number of methoxy groups -OCH3 is 1. The standard InChI is InChI=1S/C18H21N5O4S/c1-12-10-14(13(2)21(12)8-4-7-17(25)27-3)15(24)11-22-18(26)23(20-19-22)16-6-5-9-28-16/h5-6,9-10H,4,7-8,11H2,1-3H3. The number of ketones is 1. The fraction of sp³-hybridized carbons (Fsp3) is 0.389. The minimum Gasteiger partial charge on any atom is -0.469 e. The normalized spacial score (nSPS) is 11.0. The Bertz CT molecular complexity index is 1040. The summed E-state index contributed by atoms with van der Waals surface area (Å²) >= 11 is 1.36. The van der Waals surface area contributed by atoms with Crippen molar-refractivity contribution < 1.29 is 14.3 Å². The quantitative estimate of drug-likeness (QED) is 0.419. The number of thiophene rings is 1. The van der Waals surface area contributed by atoms with E-state index >= 15 is 0 Å². The highest BCUT2D eigenvalue weighted by molar-refractivity contribution is 7.12. The fourth-order valence-corrected chi connectivity index (χ4v) is 3.70. The summed E-state index contributed by atoms with van der Waals surface area (Å²) in [7, 11) is 1.36. The first-order chi connectivity index (χ1) is 13.4. The molecule has 0 aliphatic rings. The first-order valence-electron chi connectivity index (χ1n) is 8.75. The molecule has 0 fully saturated rings. The number of carbonyl (C=O) groups is 2. The van der Waals surface area contributed by atoms with Crippen molar-refractivity contribution in [2.45, 2.75) is 39.8 Å². The molecule has 28 heavy (non-hydrogen) atoms. The molecular formula is C18H21N5O4S. The summed E-state index contributed by atoms with van der Waals surface area (Å²) in [5.74, 6) is -0.473. The van der Waals surface area contributed by atoms with Crippen molar-refractivity contribution in [2.24, 2.45) is 0 Å². The van der Waals surface area contributed by atoms with Gasteiger partial charge in [-0.15, -0.1) is 11.3 Å². The number of carbonyl (C=O) groups excluding carboxylic acids is 2. The predicted molar refractivity (Wildman–Crippen MR) is 103 cm³/mol. The van der Waals surface area contributed by atoms with Gasteiger partial charge in [-0.25, -0.2) is 4.79 Å². The summed E-state index contributed by atoms with van der Waals surface area (Å²) < 4.78 is 8.87. The van der Waals surface area contributed by atoms with E-state index in [0.29, 0.717) is 30.0 Å². The molecule has 0 radical (unpaired) electrons. The Morgan fingerprint density at radius 1 is 1.25 bits per heavy atom. The molecular weight excluding hydrogens is 382 g/mol. The number of rotatable bonds is 8. The molecule has 3 heterocycles. The number of Topliss-reactive ketones (excluding diaryl/α,β-unsaturated/α-hetero) is 1. The number of aryl methyl sites for hydroxylation is 1. The number of aromatic nitrogens is 5. The second-order valence-corrected chi connectivity index (χ2v) is 7.25. The van der Waals surface area contributed by atoms with Crippen LogP contribution in [0.4, 0.5) is 0 Å². The van der Waals surface area contributed by atoms with Crippen molar-refractivity contribution >= 4 is 23.1 Å². The van der Waals surface area contributed by atoms with Crippen molar-refractivity contribution in [1.82, 2.24) is 24.4 Å². The first kappa shape index (κ1) is 19.7. The van der Waals surface area contributed by atoms with Crippen LogP contribution in [0.15, 0.2) is 28.4 Å². The number of ether oxygens (including phenoxy) is 1. The SMILES string of the molecule is COC(=O)CCCn1c(C)cc(C(=O)Cn2nnn(-c3cccs3)c2=O)c1C. The lowest BCUT2D eigenvalue weighted by atomic mass is 10.1. The van der Waals surface area contributed by atoms with Crippen molar-refractivity contribution in [1.29, 1.82) is 0 Å². The number of nitrogens with zero attached hydrogens (tertiary/aromatic N) is 5. The average Bonchev–Trinajstić information content (AvgIpc) is 3.38. The lowest BCUT2D eigenvalue weighted by molar-refractivity contribution is -0.140. The van der Waals surface area contributed by atoms with Gasteiger partial charge in [-0.1, -0.05) is 0 Å². The minimum absolute atomic E-state index is 0.184. The average molecular weight is 403 g/mol. The molecule has 3 aromatic heterocycles. The summed E-state index contributed by atoms with van der Waals surface area (Å²) in [5, 5.41) is 10.1. The lowest BCUT2D eigenvalue weighted by Crippen LogP contribution is -2.27. The molecule has 0 atom stereocenters. The molecule has 0 aliphatic heterocycles. The van der Waals surface area contributed by atoms with E-state index in [1.54, 1.807) is 12.1 Å². The summed E-state index contributed by atoms with van der Waals surface area (Å²) in [6.45, 7) is 4.18. The van der Waals surface area contributed by atoms with Crippen molar-refractivity contribution in [3.63, 3.8) is 0 Å². The van der Waals surface area contributed by atoms with E-state index in [0.717, 1.165) is 16.1 Å². The largest absolute Gasteiger partial charge is 0.469 e. The Labute approximate surface area is 165 Å². The van der Waals surface area contributed by atoms with Gasteiger partial charge in [-0.3, -0.25) is 9.59 Å². The highest BCUT2D eigenvalue weighted by Crippen LogP contribution is 2.17. The van der Waals surface area contributed by atoms with Gasteiger partial charge in [0.2, 0.25) is 0 Å². The number of hydrogen-bond acceptors (Lipinski definition) is 7. The number of esters is 1. The molecule has 10 heteroatoms. The van der Waals surface area contributed by atoms with Gasteiger partial charge < -0.3 is 9.30 Å². The number of hydrogen-bond donors (Lipinski definition) is 0. The monoisotopic (exact) mass is 403 g/mol. The van der Waals surface area contributed by atoms with Gasteiger partial charge in [-0.2, -0.15) is 9.36 Å². The van der Waals surface area contributed by atoms with Gasteiger partial charge in [0.1, 0.15) is 11.5 Å². The Kier molecular flexibility index (Phi) is 5.88. The topological polar surface area (TPSA) is 101 Å². The zero-order chi connectivity index (χ0) is 20.3. The van der Waals surface area contributed by atoms with E-state index in [1.165, 1.54) is 23.1 Å². The van der Waals surface area contributed by atoms with E-state index in [-0.39, 0.29) is 18.3 Å². The highest BCUT2D eigenvalue weighted by Gasteiger charge is 2.19. The van der Waals surface area contributed by atoms with E-state index in [1.807, 2.05) is 29.9 Å². The zero-order valence-electron chi connectivity index (χ0n) is 15.9. The molecule has 0 saturated heterocycles.